The third-order valence-electron chi connectivity index (χ3n) is 3.45. The molecule has 0 bridgehead atoms. The van der Waals surface area contributed by atoms with Gasteiger partial charge in [0.15, 0.2) is 0 Å². The van der Waals surface area contributed by atoms with Gasteiger partial charge in [-0.25, -0.2) is 4.98 Å². The van der Waals surface area contributed by atoms with Crippen molar-refractivity contribution >= 4 is 44.8 Å². The lowest BCUT2D eigenvalue weighted by Gasteiger charge is -2.28. The summed E-state index contributed by atoms with van der Waals surface area (Å²) >= 11 is 15.7. The van der Waals surface area contributed by atoms with E-state index in [1.54, 1.807) is 6.07 Å². The summed E-state index contributed by atoms with van der Waals surface area (Å²) in [5.74, 6) is 0.715. The number of anilines is 1. The molecule has 1 aromatic heterocycles. The SMILES string of the molecule is Cc1nc(Br)ccc1NC1CCOc2c(Cl)cc(Cl)cc21. The summed E-state index contributed by atoms with van der Waals surface area (Å²) in [6, 6.07) is 7.64. The van der Waals surface area contributed by atoms with Gasteiger partial charge in [0.1, 0.15) is 10.4 Å². The maximum absolute atomic E-state index is 6.21. The van der Waals surface area contributed by atoms with E-state index in [0.29, 0.717) is 22.4 Å². The van der Waals surface area contributed by atoms with E-state index >= 15 is 0 Å². The van der Waals surface area contributed by atoms with Crippen LogP contribution in [0, 0.1) is 6.92 Å². The van der Waals surface area contributed by atoms with Gasteiger partial charge in [0.25, 0.3) is 0 Å². The Balaban J connectivity index is 1.95. The molecule has 1 aliphatic heterocycles. The first-order valence-corrected chi connectivity index (χ1v) is 8.11. The summed E-state index contributed by atoms with van der Waals surface area (Å²) in [5.41, 5.74) is 2.92. The number of nitrogens with one attached hydrogen (secondary N) is 1. The highest BCUT2D eigenvalue weighted by Gasteiger charge is 2.24. The summed E-state index contributed by atoms with van der Waals surface area (Å²) in [6.07, 6.45) is 0.846. The molecule has 110 valence electrons. The molecule has 3 rings (SSSR count). The predicted molar refractivity (Wildman–Crippen MR) is 89.6 cm³/mol. The van der Waals surface area contributed by atoms with Gasteiger partial charge in [-0.3, -0.25) is 0 Å². The van der Waals surface area contributed by atoms with E-state index in [2.05, 4.69) is 26.2 Å². The van der Waals surface area contributed by atoms with E-state index in [4.69, 9.17) is 27.9 Å². The first-order chi connectivity index (χ1) is 10.0. The van der Waals surface area contributed by atoms with Crippen LogP contribution in [0.4, 0.5) is 5.69 Å². The zero-order valence-electron chi connectivity index (χ0n) is 11.3. The maximum Gasteiger partial charge on any atom is 0.143 e. The van der Waals surface area contributed by atoms with E-state index in [9.17, 15) is 0 Å². The molecule has 1 N–H and O–H groups in total. The normalized spacial score (nSPS) is 17.0. The zero-order chi connectivity index (χ0) is 15.0. The van der Waals surface area contributed by atoms with E-state index < -0.39 is 0 Å². The van der Waals surface area contributed by atoms with Crippen LogP contribution >= 0.6 is 39.1 Å². The third kappa shape index (κ3) is 3.12. The highest BCUT2D eigenvalue weighted by Crippen LogP contribution is 2.41. The average Bonchev–Trinajstić information content (AvgIpc) is 2.42. The topological polar surface area (TPSA) is 34.2 Å². The first-order valence-electron chi connectivity index (χ1n) is 6.56. The Morgan fingerprint density at radius 3 is 2.90 bits per heavy atom. The fraction of sp³-hybridized carbons (Fsp3) is 0.267. The van der Waals surface area contributed by atoms with Gasteiger partial charge >= 0.3 is 0 Å². The lowest BCUT2D eigenvalue weighted by molar-refractivity contribution is 0.274. The molecule has 3 nitrogen and oxygen atoms in total. The number of hydrogen-bond acceptors (Lipinski definition) is 3. The van der Waals surface area contributed by atoms with Gasteiger partial charge in [0.2, 0.25) is 0 Å². The molecule has 2 aromatic rings. The van der Waals surface area contributed by atoms with Crippen LogP contribution in [-0.4, -0.2) is 11.6 Å². The molecule has 1 aliphatic rings. The van der Waals surface area contributed by atoms with E-state index in [-0.39, 0.29) is 6.04 Å². The predicted octanol–water partition coefficient (Wildman–Crippen LogP) is 5.40. The third-order valence-corrected chi connectivity index (χ3v) is 4.39. The number of nitrogens with zero attached hydrogens (tertiary/aromatic N) is 1. The highest BCUT2D eigenvalue weighted by atomic mass is 79.9. The molecule has 1 unspecified atom stereocenters. The van der Waals surface area contributed by atoms with Crippen LogP contribution in [0.5, 0.6) is 5.75 Å². The molecule has 0 spiro atoms. The van der Waals surface area contributed by atoms with Crippen molar-refractivity contribution in [2.75, 3.05) is 11.9 Å². The number of pyridine rings is 1. The van der Waals surface area contributed by atoms with Crippen molar-refractivity contribution in [3.05, 3.63) is 50.2 Å². The van der Waals surface area contributed by atoms with Crippen molar-refractivity contribution < 1.29 is 4.74 Å². The second kappa shape index (κ2) is 6.03. The quantitative estimate of drug-likeness (QED) is 0.701. The lowest BCUT2D eigenvalue weighted by Crippen LogP contribution is -2.21. The summed E-state index contributed by atoms with van der Waals surface area (Å²) < 4.78 is 6.50. The van der Waals surface area contributed by atoms with Gasteiger partial charge in [-0.15, -0.1) is 0 Å². The summed E-state index contributed by atoms with van der Waals surface area (Å²) in [4.78, 5) is 4.40. The molecule has 0 aliphatic carbocycles. The zero-order valence-corrected chi connectivity index (χ0v) is 14.4. The fourth-order valence-corrected chi connectivity index (χ4v) is 3.41. The van der Waals surface area contributed by atoms with Crippen LogP contribution in [0.25, 0.3) is 0 Å². The minimum atomic E-state index is 0.103. The molecule has 21 heavy (non-hydrogen) atoms. The van der Waals surface area contributed by atoms with Crippen molar-refractivity contribution in [2.24, 2.45) is 0 Å². The van der Waals surface area contributed by atoms with Crippen LogP contribution in [0.1, 0.15) is 23.7 Å². The number of ether oxygens (including phenoxy) is 1. The Hall–Kier alpha value is -0.970. The van der Waals surface area contributed by atoms with Gasteiger partial charge in [-0.2, -0.15) is 0 Å². The Morgan fingerprint density at radius 2 is 2.14 bits per heavy atom. The minimum Gasteiger partial charge on any atom is -0.492 e. The number of rotatable bonds is 2. The van der Waals surface area contributed by atoms with Crippen LogP contribution in [0.15, 0.2) is 28.9 Å². The molecule has 6 heteroatoms. The smallest absolute Gasteiger partial charge is 0.143 e. The van der Waals surface area contributed by atoms with Gasteiger partial charge < -0.3 is 10.1 Å². The van der Waals surface area contributed by atoms with Crippen LogP contribution < -0.4 is 10.1 Å². The van der Waals surface area contributed by atoms with Crippen molar-refractivity contribution in [1.29, 1.82) is 0 Å². The van der Waals surface area contributed by atoms with E-state index in [1.807, 2.05) is 25.1 Å². The Bertz CT molecular complexity index is 694. The molecular formula is C15H13BrCl2N2O. The van der Waals surface area contributed by atoms with Gasteiger partial charge in [-0.1, -0.05) is 23.2 Å². The van der Waals surface area contributed by atoms with Crippen molar-refractivity contribution in [2.45, 2.75) is 19.4 Å². The number of aromatic nitrogens is 1. The van der Waals surface area contributed by atoms with Gasteiger partial charge in [0, 0.05) is 17.0 Å². The first kappa shape index (κ1) is 14.9. The summed E-state index contributed by atoms with van der Waals surface area (Å²) in [7, 11) is 0. The standard InChI is InChI=1S/C15H13BrCl2N2O/c1-8-12(2-3-14(16)19-8)20-13-4-5-21-15-10(13)6-9(17)7-11(15)18/h2-3,6-7,13,20H,4-5H2,1H3. The van der Waals surface area contributed by atoms with Crippen LogP contribution in [0.2, 0.25) is 10.0 Å². The van der Waals surface area contributed by atoms with Crippen molar-refractivity contribution in [3.63, 3.8) is 0 Å². The second-order valence-corrected chi connectivity index (χ2v) is 6.56. The Morgan fingerprint density at radius 1 is 1.33 bits per heavy atom. The maximum atomic E-state index is 6.21. The van der Waals surface area contributed by atoms with Gasteiger partial charge in [0.05, 0.1) is 29.1 Å². The van der Waals surface area contributed by atoms with Crippen LogP contribution in [-0.2, 0) is 0 Å². The highest BCUT2D eigenvalue weighted by molar-refractivity contribution is 9.10. The van der Waals surface area contributed by atoms with Crippen LogP contribution in [0.3, 0.4) is 0 Å². The molecule has 0 amide bonds. The molecule has 0 radical (unpaired) electrons. The van der Waals surface area contributed by atoms with Crippen molar-refractivity contribution in [1.82, 2.24) is 4.98 Å². The monoisotopic (exact) mass is 386 g/mol. The largest absolute Gasteiger partial charge is 0.492 e. The molecule has 0 fully saturated rings. The molecule has 2 heterocycles. The molecular weight excluding hydrogens is 375 g/mol. The second-order valence-electron chi connectivity index (χ2n) is 4.91. The van der Waals surface area contributed by atoms with E-state index in [1.165, 1.54) is 0 Å². The van der Waals surface area contributed by atoms with Gasteiger partial charge in [-0.05, 0) is 47.1 Å². The molecule has 1 aromatic carbocycles. The Labute approximate surface area is 141 Å². The number of benzene rings is 1. The molecule has 0 saturated heterocycles. The Kier molecular flexibility index (Phi) is 4.29. The van der Waals surface area contributed by atoms with E-state index in [0.717, 1.165) is 28.0 Å². The lowest BCUT2D eigenvalue weighted by atomic mass is 10.00. The number of hydrogen-bond donors (Lipinski definition) is 1. The number of aryl methyl sites for hydroxylation is 1. The minimum absolute atomic E-state index is 0.103. The average molecular weight is 388 g/mol. The number of fused-ring (bicyclic) bond motifs is 1. The summed E-state index contributed by atoms with van der Waals surface area (Å²) in [6.45, 7) is 2.59. The summed E-state index contributed by atoms with van der Waals surface area (Å²) in [5, 5.41) is 4.67. The molecule has 0 saturated carbocycles. The van der Waals surface area contributed by atoms with Crippen molar-refractivity contribution in [3.8, 4) is 5.75 Å². The molecule has 1 atom stereocenters. The fourth-order valence-electron chi connectivity index (χ4n) is 2.45. The number of halogens is 3.